The fraction of sp³-hybridized carbons (Fsp3) is 0.294. The second-order valence-corrected chi connectivity index (χ2v) is 18.2. The highest BCUT2D eigenvalue weighted by molar-refractivity contribution is 8.06. The van der Waals surface area contributed by atoms with Crippen LogP contribution in [-0.4, -0.2) is 21.7 Å². The van der Waals surface area contributed by atoms with Crippen LogP contribution in [0.3, 0.4) is 0 Å². The molecule has 0 radical (unpaired) electrons. The minimum Gasteiger partial charge on any atom is -0.312 e. The van der Waals surface area contributed by atoms with Crippen LogP contribution in [0.2, 0.25) is 0 Å². The first-order chi connectivity index (χ1) is 21.4. The number of hydrogen-bond donors (Lipinski definition) is 1. The van der Waals surface area contributed by atoms with Crippen LogP contribution >= 0.6 is 7.67 Å². The van der Waals surface area contributed by atoms with Crippen molar-refractivity contribution in [3.8, 4) is 11.1 Å². The lowest BCUT2D eigenvalue weighted by atomic mass is 9.79. The van der Waals surface area contributed by atoms with Crippen LogP contribution in [0.5, 0.6) is 0 Å². The van der Waals surface area contributed by atoms with E-state index < -0.39 is 27.7 Å². The van der Waals surface area contributed by atoms with E-state index in [-0.39, 0.29) is 21.2 Å². The summed E-state index contributed by atoms with van der Waals surface area (Å²) in [6, 6.07) is 18.9. The lowest BCUT2D eigenvalue weighted by molar-refractivity contribution is 0.479. The van der Waals surface area contributed by atoms with Crippen molar-refractivity contribution >= 4 is 39.1 Å². The van der Waals surface area contributed by atoms with Gasteiger partial charge in [-0.1, -0.05) is 47.5 Å². The van der Waals surface area contributed by atoms with E-state index in [0.29, 0.717) is 32.1 Å². The third-order valence-corrected chi connectivity index (χ3v) is 16.2. The van der Waals surface area contributed by atoms with Crippen molar-refractivity contribution in [2.45, 2.75) is 75.0 Å². The fourth-order valence-corrected chi connectivity index (χ4v) is 13.6. The van der Waals surface area contributed by atoms with Gasteiger partial charge in [0.05, 0.1) is 21.2 Å². The molecule has 234 valence electrons. The van der Waals surface area contributed by atoms with Crippen molar-refractivity contribution in [3.63, 3.8) is 0 Å². The summed E-state index contributed by atoms with van der Waals surface area (Å²) in [7, 11) is -15.0. The molecule has 7 rings (SSSR count). The number of aryl methyl sites for hydroxylation is 4. The van der Waals surface area contributed by atoms with Gasteiger partial charge in [-0.25, -0.2) is 21.4 Å². The zero-order valence-electron chi connectivity index (χ0n) is 25.2. The summed E-state index contributed by atoms with van der Waals surface area (Å²) in [5, 5.41) is 0. The summed E-state index contributed by atoms with van der Waals surface area (Å²) in [6.07, 6.45) is 6.59. The molecule has 0 saturated heterocycles. The number of benzene rings is 4. The Bertz CT molecular complexity index is 1960. The molecule has 1 heterocycles. The molecule has 1 N–H and O–H groups in total. The van der Waals surface area contributed by atoms with Crippen LogP contribution in [-0.2, 0) is 50.3 Å². The van der Waals surface area contributed by atoms with Gasteiger partial charge in [0.2, 0.25) is 0 Å². The fourth-order valence-electron chi connectivity index (χ4n) is 7.02. The number of rotatable bonds is 4. The Balaban J connectivity index is 1.64. The molecule has 0 fully saturated rings. The van der Waals surface area contributed by atoms with Crippen molar-refractivity contribution in [3.05, 3.63) is 106 Å². The predicted molar refractivity (Wildman–Crippen MR) is 177 cm³/mol. The molecule has 45 heavy (non-hydrogen) atoms. The van der Waals surface area contributed by atoms with Gasteiger partial charge >= 0.3 is 7.67 Å². The highest BCUT2D eigenvalue weighted by Gasteiger charge is 2.54. The Morgan fingerprint density at radius 1 is 0.556 bits per heavy atom. The summed E-state index contributed by atoms with van der Waals surface area (Å²) >= 11 is 0. The monoisotopic (exact) mass is 662 g/mol. The van der Waals surface area contributed by atoms with Gasteiger partial charge in [-0.3, -0.25) is 0 Å². The Morgan fingerprint density at radius 3 is 1.29 bits per heavy atom. The van der Waals surface area contributed by atoms with Crippen LogP contribution < -0.4 is 8.15 Å². The number of sulfonamides is 2. The maximum Gasteiger partial charge on any atom is 0.422 e. The molecule has 3 aliphatic rings. The number of nitrogens with zero attached hydrogens (tertiary/aromatic N) is 2. The predicted octanol–water partition coefficient (Wildman–Crippen LogP) is 7.23. The lowest BCUT2D eigenvalue weighted by Gasteiger charge is -2.34. The first kappa shape index (κ1) is 30.2. The molecule has 0 amide bonds. The van der Waals surface area contributed by atoms with E-state index in [2.05, 4.69) is 0 Å². The van der Waals surface area contributed by atoms with Gasteiger partial charge in [-0.15, -0.1) is 0 Å². The van der Waals surface area contributed by atoms with Crippen molar-refractivity contribution < 1.29 is 26.3 Å². The summed E-state index contributed by atoms with van der Waals surface area (Å²) in [5.41, 5.74) is 6.72. The van der Waals surface area contributed by atoms with Gasteiger partial charge in [-0.05, 0) is 124 Å². The van der Waals surface area contributed by atoms with E-state index in [1.807, 2.05) is 26.0 Å². The quantitative estimate of drug-likeness (QED) is 0.231. The normalized spacial score (nSPS) is 17.5. The standard InChI is InChI=1S/C34H35N2O6PS2/c1-23-11-17-27(18-12-23)44(39,40)35-31-21-15-25-7-3-5-9-29(25)33(31)34-30-10-6-4-8-26(30)16-22-32(34)36(43(35,37)38)45(41,42)28-19-13-24(2)14-20-28/h11-22H,3-10H2,1-2H3,(H,37,38). The molecule has 0 bridgehead atoms. The molecule has 1 aliphatic heterocycles. The summed E-state index contributed by atoms with van der Waals surface area (Å²) in [4.78, 5) is 11.9. The van der Waals surface area contributed by atoms with Crippen molar-refractivity contribution in [1.29, 1.82) is 0 Å². The molecule has 4 aromatic carbocycles. The minimum absolute atomic E-state index is 0.0314. The van der Waals surface area contributed by atoms with E-state index in [0.717, 1.165) is 71.9 Å². The number of anilines is 2. The summed E-state index contributed by atoms with van der Waals surface area (Å²) < 4.78 is 74.9. The van der Waals surface area contributed by atoms with Gasteiger partial charge in [0.25, 0.3) is 20.0 Å². The average molecular weight is 663 g/mol. The van der Waals surface area contributed by atoms with Crippen molar-refractivity contribution in [2.24, 2.45) is 0 Å². The maximum absolute atomic E-state index is 15.2. The molecule has 8 nitrogen and oxygen atoms in total. The molecular formula is C34H35N2O6PS2. The zero-order chi connectivity index (χ0) is 31.7. The smallest absolute Gasteiger partial charge is 0.312 e. The van der Waals surface area contributed by atoms with Crippen LogP contribution in [0.25, 0.3) is 11.1 Å². The second-order valence-electron chi connectivity index (χ2n) is 12.2. The molecule has 0 unspecified atom stereocenters. The van der Waals surface area contributed by atoms with Gasteiger partial charge in [0.15, 0.2) is 0 Å². The topological polar surface area (TPSA) is 112 Å². The first-order valence-electron chi connectivity index (χ1n) is 15.3. The molecular weight excluding hydrogens is 627 g/mol. The third-order valence-electron chi connectivity index (χ3n) is 9.25. The van der Waals surface area contributed by atoms with Gasteiger partial charge < -0.3 is 4.89 Å². The Morgan fingerprint density at radius 2 is 0.911 bits per heavy atom. The van der Waals surface area contributed by atoms with Crippen molar-refractivity contribution in [1.82, 2.24) is 0 Å². The highest BCUT2D eigenvalue weighted by atomic mass is 32.2. The Hall–Kier alpha value is -3.43. The summed E-state index contributed by atoms with van der Waals surface area (Å²) in [6.45, 7) is 3.63. The maximum atomic E-state index is 15.2. The number of fused-ring (bicyclic) bond motifs is 7. The SMILES string of the molecule is Cc1ccc(S(=O)(=O)N2c3ccc4c(c3-c3c(ccc5c3CCCC5)N(S(=O)(=O)c3ccc(C)cc3)P2(=O)O)CCCC4)cc1. The van der Waals surface area contributed by atoms with E-state index in [9.17, 15) is 21.7 Å². The molecule has 0 saturated carbocycles. The van der Waals surface area contributed by atoms with Gasteiger partial charge in [0, 0.05) is 11.1 Å². The minimum atomic E-state index is -5.49. The Labute approximate surface area is 265 Å². The number of hydrogen-bond acceptors (Lipinski definition) is 5. The molecule has 4 aromatic rings. The zero-order valence-corrected chi connectivity index (χ0v) is 27.8. The molecule has 11 heteroatoms. The van der Waals surface area contributed by atoms with Gasteiger partial charge in [0.1, 0.15) is 0 Å². The lowest BCUT2D eigenvalue weighted by Crippen LogP contribution is -2.38. The van der Waals surface area contributed by atoms with Crippen molar-refractivity contribution in [2.75, 3.05) is 8.15 Å². The third kappa shape index (κ3) is 4.76. The molecule has 2 aliphatic carbocycles. The van der Waals surface area contributed by atoms with Crippen LogP contribution in [0.4, 0.5) is 11.4 Å². The largest absolute Gasteiger partial charge is 0.422 e. The molecule has 0 spiro atoms. The average Bonchev–Trinajstić information content (AvgIpc) is 3.11. The second kappa shape index (κ2) is 10.8. The van der Waals surface area contributed by atoms with Crippen LogP contribution in [0.1, 0.15) is 59.1 Å². The van der Waals surface area contributed by atoms with E-state index in [1.165, 1.54) is 24.3 Å². The van der Waals surface area contributed by atoms with E-state index >= 15 is 4.57 Å². The van der Waals surface area contributed by atoms with Crippen LogP contribution in [0.15, 0.2) is 82.6 Å². The Kier molecular flexibility index (Phi) is 7.28. The summed E-state index contributed by atoms with van der Waals surface area (Å²) in [5.74, 6) is 0. The molecule has 0 atom stereocenters. The van der Waals surface area contributed by atoms with E-state index in [4.69, 9.17) is 0 Å². The molecule has 0 aromatic heterocycles. The first-order valence-corrected chi connectivity index (χ1v) is 19.7. The van der Waals surface area contributed by atoms with Gasteiger partial charge in [-0.2, -0.15) is 8.15 Å². The van der Waals surface area contributed by atoms with E-state index in [1.54, 1.807) is 36.4 Å². The van der Waals surface area contributed by atoms with Crippen LogP contribution in [0, 0.1) is 13.8 Å². The highest BCUT2D eigenvalue weighted by Crippen LogP contribution is 2.65.